The van der Waals surface area contributed by atoms with Gasteiger partial charge in [-0.25, -0.2) is 10.1 Å². The van der Waals surface area contributed by atoms with Gasteiger partial charge in [0.15, 0.2) is 5.60 Å². The first-order valence-corrected chi connectivity index (χ1v) is 16.4. The lowest BCUT2D eigenvalue weighted by Gasteiger charge is -2.39. The van der Waals surface area contributed by atoms with Crippen LogP contribution in [0.3, 0.4) is 0 Å². The number of hydrogen-bond acceptors (Lipinski definition) is 3. The second kappa shape index (κ2) is 13.7. The number of ether oxygens (including phenoxy) is 1. The molecule has 4 heteroatoms. The second-order valence-corrected chi connectivity index (χ2v) is 12.2. The number of aryl methyl sites for hydroxylation is 1. The lowest BCUT2D eigenvalue weighted by molar-refractivity contribution is 0.0348. The summed E-state index contributed by atoms with van der Waals surface area (Å²) in [6, 6.07) is 48.1. The number of anilines is 3. The Balaban J connectivity index is 1.25. The average Bonchev–Trinajstić information content (AvgIpc) is 3.16. The highest BCUT2D eigenvalue weighted by Crippen LogP contribution is 2.46. The van der Waals surface area contributed by atoms with Gasteiger partial charge in [0.05, 0.1) is 12.6 Å². The highest BCUT2D eigenvalue weighted by atomic mass is 16.5. The average molecular weight is 622 g/mol. The smallest absolute Gasteiger partial charge is 0.265 e. The third-order valence-electron chi connectivity index (χ3n) is 9.27. The van der Waals surface area contributed by atoms with Crippen molar-refractivity contribution in [2.45, 2.75) is 37.7 Å². The van der Waals surface area contributed by atoms with E-state index in [1.54, 1.807) is 0 Å². The molecule has 48 heavy (non-hydrogen) atoms. The topological polar surface area (TPSA) is 40.6 Å². The van der Waals surface area contributed by atoms with E-state index in [-0.39, 0.29) is 5.70 Å². The summed E-state index contributed by atoms with van der Waals surface area (Å²) < 4.78 is 6.89. The predicted molar refractivity (Wildman–Crippen MR) is 193 cm³/mol. The fourth-order valence-electron chi connectivity index (χ4n) is 6.95. The molecule has 0 saturated carbocycles. The molecular formula is C44H35N3O. The highest BCUT2D eigenvalue weighted by Gasteiger charge is 2.40. The van der Waals surface area contributed by atoms with Crippen LogP contribution in [0, 0.1) is 17.9 Å². The molecule has 1 aliphatic heterocycles. The monoisotopic (exact) mass is 621 g/mol. The van der Waals surface area contributed by atoms with Crippen LogP contribution in [0.5, 0.6) is 0 Å². The van der Waals surface area contributed by atoms with Gasteiger partial charge < -0.3 is 9.64 Å². The molecule has 0 N–H and O–H groups in total. The van der Waals surface area contributed by atoms with Gasteiger partial charge in [-0.1, -0.05) is 109 Å². The van der Waals surface area contributed by atoms with Crippen molar-refractivity contribution in [3.05, 3.63) is 202 Å². The predicted octanol–water partition coefficient (Wildman–Crippen LogP) is 11.0. The molecule has 0 aromatic heterocycles. The summed E-state index contributed by atoms with van der Waals surface area (Å²) in [7, 11) is 0. The number of nitriles is 1. The van der Waals surface area contributed by atoms with Crippen molar-refractivity contribution in [3.63, 3.8) is 0 Å². The number of benzene rings is 5. The molecular weight excluding hydrogens is 587 g/mol. The summed E-state index contributed by atoms with van der Waals surface area (Å²) in [5, 5.41) is 9.87. The van der Waals surface area contributed by atoms with E-state index in [2.05, 4.69) is 88.6 Å². The molecule has 7 rings (SSSR count). The van der Waals surface area contributed by atoms with Crippen LogP contribution in [0.1, 0.15) is 47.1 Å². The van der Waals surface area contributed by atoms with Crippen molar-refractivity contribution < 1.29 is 4.74 Å². The Bertz CT molecular complexity index is 2030. The third-order valence-corrected chi connectivity index (χ3v) is 9.27. The van der Waals surface area contributed by atoms with Crippen molar-refractivity contribution in [3.8, 4) is 6.07 Å². The molecule has 5 aromatic rings. The van der Waals surface area contributed by atoms with Crippen molar-refractivity contribution in [1.29, 1.82) is 5.26 Å². The van der Waals surface area contributed by atoms with Crippen LogP contribution in [0.15, 0.2) is 163 Å². The first kappa shape index (κ1) is 30.5. The fourth-order valence-corrected chi connectivity index (χ4v) is 6.95. The van der Waals surface area contributed by atoms with Gasteiger partial charge in [0, 0.05) is 34.6 Å². The maximum Gasteiger partial charge on any atom is 0.265 e. The summed E-state index contributed by atoms with van der Waals surface area (Å²) >= 11 is 0. The maximum absolute atomic E-state index is 9.87. The first-order valence-electron chi connectivity index (χ1n) is 16.4. The first-order chi connectivity index (χ1) is 23.7. The minimum Gasteiger partial charge on any atom is -0.478 e. The zero-order valence-electron chi connectivity index (χ0n) is 26.7. The lowest BCUT2D eigenvalue weighted by Crippen LogP contribution is -2.34. The highest BCUT2D eigenvalue weighted by molar-refractivity contribution is 5.79. The number of allylic oxidation sites excluding steroid dienone is 3. The molecule has 2 aliphatic rings. The van der Waals surface area contributed by atoms with Gasteiger partial charge in [-0.3, -0.25) is 0 Å². The molecule has 0 radical (unpaired) electrons. The van der Waals surface area contributed by atoms with Crippen LogP contribution < -0.4 is 4.90 Å². The molecule has 0 spiro atoms. The SMILES string of the molecule is [C-]#[N+]/C(C#N)=C1C=C(/C=C/c2ccc(N(c3ccccc3)c3cccc4c3CCCC4)cc2)OC(c2ccccc2)(c2ccccc2)C\1. The van der Waals surface area contributed by atoms with Gasteiger partial charge in [-0.05, 0) is 90.4 Å². The molecule has 0 atom stereocenters. The standard InChI is InChI=1S/C44H35N3O/c1-46-42(32-45)35-30-40(48-44(31-35,36-16-5-2-6-17-36)37-18-7-3-8-19-37)29-26-33-24-27-39(28-25-33)47(38-20-9-4-10-21-38)43-23-13-15-34-14-11-12-22-41(34)43/h2-10,13,15-21,23-30H,11-12,14,22,31H2/b29-26+,42-35+. The maximum atomic E-state index is 9.87. The van der Waals surface area contributed by atoms with E-state index >= 15 is 0 Å². The summed E-state index contributed by atoms with van der Waals surface area (Å²) in [6.07, 6.45) is 10.9. The van der Waals surface area contributed by atoms with E-state index in [4.69, 9.17) is 11.3 Å². The van der Waals surface area contributed by atoms with E-state index in [1.807, 2.05) is 78.9 Å². The van der Waals surface area contributed by atoms with Gasteiger partial charge in [0.25, 0.3) is 5.70 Å². The van der Waals surface area contributed by atoms with E-state index in [0.29, 0.717) is 17.8 Å². The minimum absolute atomic E-state index is 0.0777. The van der Waals surface area contributed by atoms with Gasteiger partial charge in [0.1, 0.15) is 5.76 Å². The quantitative estimate of drug-likeness (QED) is 0.134. The third kappa shape index (κ3) is 6.05. The molecule has 0 unspecified atom stereocenters. The molecule has 0 fully saturated rings. The van der Waals surface area contributed by atoms with Crippen molar-refractivity contribution >= 4 is 23.1 Å². The van der Waals surface area contributed by atoms with Crippen LogP contribution in [0.4, 0.5) is 17.1 Å². The molecule has 5 aromatic carbocycles. The van der Waals surface area contributed by atoms with Crippen LogP contribution >= 0.6 is 0 Å². The number of para-hydroxylation sites is 1. The Labute approximate surface area is 283 Å². The Morgan fingerprint density at radius 3 is 2.00 bits per heavy atom. The Kier molecular flexibility index (Phi) is 8.73. The minimum atomic E-state index is -0.895. The number of hydrogen-bond donors (Lipinski definition) is 0. The van der Waals surface area contributed by atoms with Crippen molar-refractivity contribution in [2.75, 3.05) is 4.90 Å². The van der Waals surface area contributed by atoms with Crippen LogP contribution in [-0.2, 0) is 23.2 Å². The normalized spacial score (nSPS) is 16.1. The van der Waals surface area contributed by atoms with E-state index in [9.17, 15) is 5.26 Å². The van der Waals surface area contributed by atoms with Crippen LogP contribution in [0.2, 0.25) is 0 Å². The zero-order valence-corrected chi connectivity index (χ0v) is 26.7. The lowest BCUT2D eigenvalue weighted by atomic mass is 9.79. The van der Waals surface area contributed by atoms with Gasteiger partial charge in [-0.2, -0.15) is 0 Å². The summed E-state index contributed by atoms with van der Waals surface area (Å²) in [5.74, 6) is 0.589. The molecule has 1 heterocycles. The van der Waals surface area contributed by atoms with Crippen LogP contribution in [-0.4, -0.2) is 0 Å². The molecule has 4 nitrogen and oxygen atoms in total. The van der Waals surface area contributed by atoms with E-state index in [1.165, 1.54) is 29.7 Å². The van der Waals surface area contributed by atoms with Gasteiger partial charge in [-0.15, -0.1) is 0 Å². The second-order valence-electron chi connectivity index (χ2n) is 12.2. The molecule has 232 valence electrons. The summed E-state index contributed by atoms with van der Waals surface area (Å²) in [6.45, 7) is 7.72. The van der Waals surface area contributed by atoms with Crippen molar-refractivity contribution in [1.82, 2.24) is 0 Å². The van der Waals surface area contributed by atoms with E-state index < -0.39 is 5.60 Å². The van der Waals surface area contributed by atoms with Crippen molar-refractivity contribution in [2.24, 2.45) is 0 Å². The molecule has 0 amide bonds. The largest absolute Gasteiger partial charge is 0.478 e. The fraction of sp³-hybridized carbons (Fsp3) is 0.136. The summed E-state index contributed by atoms with van der Waals surface area (Å²) in [4.78, 5) is 5.94. The summed E-state index contributed by atoms with van der Waals surface area (Å²) in [5.41, 5.74) is 9.14. The zero-order chi connectivity index (χ0) is 32.8. The van der Waals surface area contributed by atoms with Crippen LogP contribution in [0.25, 0.3) is 10.9 Å². The molecule has 1 aliphatic carbocycles. The number of fused-ring (bicyclic) bond motifs is 1. The Morgan fingerprint density at radius 2 is 1.35 bits per heavy atom. The Hall–Kier alpha value is -6.10. The number of rotatable bonds is 7. The number of nitrogens with zero attached hydrogens (tertiary/aromatic N) is 3. The Morgan fingerprint density at radius 1 is 0.729 bits per heavy atom. The molecule has 0 bridgehead atoms. The van der Waals surface area contributed by atoms with E-state index in [0.717, 1.165) is 40.9 Å². The van der Waals surface area contributed by atoms with Gasteiger partial charge >= 0.3 is 0 Å². The van der Waals surface area contributed by atoms with Gasteiger partial charge in [0.2, 0.25) is 0 Å². The molecule has 0 saturated heterocycles.